The maximum atomic E-state index is 9.82. The van der Waals surface area contributed by atoms with Gasteiger partial charge in [-0.15, -0.1) is 0 Å². The van der Waals surface area contributed by atoms with E-state index in [-0.39, 0.29) is 5.97 Å². The molecule has 0 saturated heterocycles. The summed E-state index contributed by atoms with van der Waals surface area (Å²) in [5.41, 5.74) is 2.66. The molecule has 0 unspecified atom stereocenters. The third-order valence-electron chi connectivity index (χ3n) is 1.57. The standard InChI is InChI=1S/C8H10.C4H8O2/c1-7-3-5-8(2)6-4-7;1-3-6-4(2)5/h3-6H,1-2H3;3H2,1-2H3. The van der Waals surface area contributed by atoms with Crippen LogP contribution in [0, 0.1) is 13.8 Å². The fourth-order valence-electron chi connectivity index (χ4n) is 0.840. The average molecular weight is 194 g/mol. The number of carbonyl (C=O) groups is 1. The molecule has 0 saturated carbocycles. The number of rotatable bonds is 1. The van der Waals surface area contributed by atoms with Crippen LogP contribution in [0.15, 0.2) is 24.3 Å². The summed E-state index contributed by atoms with van der Waals surface area (Å²) in [6.45, 7) is 7.85. The lowest BCUT2D eigenvalue weighted by molar-refractivity contribution is -0.140. The summed E-state index contributed by atoms with van der Waals surface area (Å²) < 4.78 is 4.40. The van der Waals surface area contributed by atoms with Crippen LogP contribution >= 0.6 is 0 Å². The van der Waals surface area contributed by atoms with Gasteiger partial charge in [-0.25, -0.2) is 0 Å². The minimum Gasteiger partial charge on any atom is -0.466 e. The van der Waals surface area contributed by atoms with Gasteiger partial charge in [0, 0.05) is 6.92 Å². The molecule has 14 heavy (non-hydrogen) atoms. The molecule has 0 fully saturated rings. The van der Waals surface area contributed by atoms with E-state index in [1.807, 2.05) is 0 Å². The van der Waals surface area contributed by atoms with Crippen LogP contribution in [0.1, 0.15) is 25.0 Å². The lowest BCUT2D eigenvalue weighted by atomic mass is 10.2. The first-order chi connectivity index (χ1) is 6.56. The van der Waals surface area contributed by atoms with Gasteiger partial charge in [-0.1, -0.05) is 35.4 Å². The van der Waals surface area contributed by atoms with Crippen LogP contribution in [0.2, 0.25) is 0 Å². The second kappa shape index (κ2) is 7.13. The SMILES string of the molecule is CCOC(C)=O.Cc1ccc(C)cc1. The molecule has 0 atom stereocenters. The molecule has 0 radical (unpaired) electrons. The van der Waals surface area contributed by atoms with Crippen molar-refractivity contribution >= 4 is 5.97 Å². The summed E-state index contributed by atoms with van der Waals surface area (Å²) in [6, 6.07) is 8.48. The van der Waals surface area contributed by atoms with Gasteiger partial charge in [0.1, 0.15) is 0 Å². The minimum atomic E-state index is -0.211. The Morgan fingerprint density at radius 2 is 1.50 bits per heavy atom. The number of esters is 1. The van der Waals surface area contributed by atoms with Crippen LogP contribution in [0.3, 0.4) is 0 Å². The molecule has 0 spiro atoms. The van der Waals surface area contributed by atoms with Crippen molar-refractivity contribution in [2.75, 3.05) is 6.61 Å². The zero-order chi connectivity index (χ0) is 11.0. The van der Waals surface area contributed by atoms with Gasteiger partial charge in [-0.3, -0.25) is 4.79 Å². The molecule has 0 bridgehead atoms. The van der Waals surface area contributed by atoms with Crippen LogP contribution in [-0.2, 0) is 9.53 Å². The van der Waals surface area contributed by atoms with E-state index >= 15 is 0 Å². The van der Waals surface area contributed by atoms with Crippen molar-refractivity contribution in [1.29, 1.82) is 0 Å². The fraction of sp³-hybridized carbons (Fsp3) is 0.417. The minimum absolute atomic E-state index is 0.211. The normalized spacial score (nSPS) is 8.57. The van der Waals surface area contributed by atoms with Gasteiger partial charge < -0.3 is 4.74 Å². The largest absolute Gasteiger partial charge is 0.466 e. The molecule has 0 heterocycles. The monoisotopic (exact) mass is 194 g/mol. The fourth-order valence-corrected chi connectivity index (χ4v) is 0.840. The first kappa shape index (κ1) is 12.7. The number of carbonyl (C=O) groups excluding carboxylic acids is 1. The van der Waals surface area contributed by atoms with E-state index in [1.54, 1.807) is 6.92 Å². The molecule has 1 aromatic carbocycles. The number of hydrogen-bond donors (Lipinski definition) is 0. The van der Waals surface area contributed by atoms with Crippen molar-refractivity contribution in [3.8, 4) is 0 Å². The van der Waals surface area contributed by atoms with Gasteiger partial charge in [-0.05, 0) is 20.8 Å². The molecule has 2 nitrogen and oxygen atoms in total. The van der Waals surface area contributed by atoms with Gasteiger partial charge in [-0.2, -0.15) is 0 Å². The highest BCUT2D eigenvalue weighted by Crippen LogP contribution is 1.99. The van der Waals surface area contributed by atoms with Crippen LogP contribution in [0.4, 0.5) is 0 Å². The molecule has 0 aliphatic carbocycles. The third kappa shape index (κ3) is 7.35. The Kier molecular flexibility index (Phi) is 6.46. The summed E-state index contributed by atoms with van der Waals surface area (Å²) in [5, 5.41) is 0. The molecule has 0 amide bonds. The molecule has 0 N–H and O–H groups in total. The second-order valence-electron chi connectivity index (χ2n) is 3.08. The van der Waals surface area contributed by atoms with Crippen molar-refractivity contribution in [2.24, 2.45) is 0 Å². The van der Waals surface area contributed by atoms with E-state index in [9.17, 15) is 4.79 Å². The predicted octanol–water partition coefficient (Wildman–Crippen LogP) is 2.87. The maximum Gasteiger partial charge on any atom is 0.302 e. The number of ether oxygens (including phenoxy) is 1. The lowest BCUT2D eigenvalue weighted by Gasteiger charge is -1.90. The van der Waals surface area contributed by atoms with Crippen LogP contribution < -0.4 is 0 Å². The molecule has 78 valence electrons. The Balaban J connectivity index is 0.000000255. The number of benzene rings is 1. The van der Waals surface area contributed by atoms with Crippen LogP contribution in [-0.4, -0.2) is 12.6 Å². The predicted molar refractivity (Wildman–Crippen MR) is 58.2 cm³/mol. The highest BCUT2D eigenvalue weighted by molar-refractivity contribution is 5.65. The van der Waals surface area contributed by atoms with E-state index in [4.69, 9.17) is 0 Å². The van der Waals surface area contributed by atoms with Gasteiger partial charge in [0.2, 0.25) is 0 Å². The molecular weight excluding hydrogens is 176 g/mol. The average Bonchev–Trinajstić information content (AvgIpc) is 2.11. The Hall–Kier alpha value is -1.31. The van der Waals surface area contributed by atoms with E-state index in [1.165, 1.54) is 18.1 Å². The first-order valence-corrected chi connectivity index (χ1v) is 4.73. The summed E-state index contributed by atoms with van der Waals surface area (Å²) in [4.78, 5) is 9.82. The molecule has 0 aliphatic rings. The van der Waals surface area contributed by atoms with Crippen LogP contribution in [0.25, 0.3) is 0 Å². The van der Waals surface area contributed by atoms with Gasteiger partial charge in [0.25, 0.3) is 0 Å². The number of hydrogen-bond acceptors (Lipinski definition) is 2. The van der Waals surface area contributed by atoms with E-state index in [0.717, 1.165) is 0 Å². The molecule has 1 aromatic rings. The van der Waals surface area contributed by atoms with E-state index < -0.39 is 0 Å². The maximum absolute atomic E-state index is 9.82. The third-order valence-corrected chi connectivity index (χ3v) is 1.57. The van der Waals surface area contributed by atoms with Crippen molar-refractivity contribution < 1.29 is 9.53 Å². The van der Waals surface area contributed by atoms with Crippen molar-refractivity contribution in [3.63, 3.8) is 0 Å². The topological polar surface area (TPSA) is 26.3 Å². The number of aryl methyl sites for hydroxylation is 2. The van der Waals surface area contributed by atoms with Gasteiger partial charge in [0.15, 0.2) is 0 Å². The second-order valence-corrected chi connectivity index (χ2v) is 3.08. The van der Waals surface area contributed by atoms with Crippen LogP contribution in [0.5, 0.6) is 0 Å². The summed E-state index contributed by atoms with van der Waals surface area (Å²) in [6.07, 6.45) is 0. The molecule has 2 heteroatoms. The Labute approximate surface area is 85.9 Å². The molecule has 0 aromatic heterocycles. The van der Waals surface area contributed by atoms with E-state index in [2.05, 4.69) is 42.8 Å². The van der Waals surface area contributed by atoms with Gasteiger partial charge >= 0.3 is 5.97 Å². The smallest absolute Gasteiger partial charge is 0.302 e. The highest BCUT2D eigenvalue weighted by atomic mass is 16.5. The Morgan fingerprint density at radius 3 is 1.64 bits per heavy atom. The van der Waals surface area contributed by atoms with Crippen molar-refractivity contribution in [2.45, 2.75) is 27.7 Å². The quantitative estimate of drug-likeness (QED) is 0.642. The van der Waals surface area contributed by atoms with Crippen molar-refractivity contribution in [1.82, 2.24) is 0 Å². The highest BCUT2D eigenvalue weighted by Gasteiger charge is 1.81. The van der Waals surface area contributed by atoms with Crippen molar-refractivity contribution in [3.05, 3.63) is 35.4 Å². The lowest BCUT2D eigenvalue weighted by Crippen LogP contribution is -1.95. The Bertz CT molecular complexity index is 241. The Morgan fingerprint density at radius 1 is 1.14 bits per heavy atom. The molecular formula is C12H18O2. The van der Waals surface area contributed by atoms with Gasteiger partial charge in [0.05, 0.1) is 6.61 Å². The zero-order valence-corrected chi connectivity index (χ0v) is 9.33. The first-order valence-electron chi connectivity index (χ1n) is 4.73. The zero-order valence-electron chi connectivity index (χ0n) is 9.33. The summed E-state index contributed by atoms with van der Waals surface area (Å²) in [5.74, 6) is -0.211. The molecule has 1 rings (SSSR count). The summed E-state index contributed by atoms with van der Waals surface area (Å²) >= 11 is 0. The van der Waals surface area contributed by atoms with E-state index in [0.29, 0.717) is 6.61 Å². The molecule has 0 aliphatic heterocycles. The summed E-state index contributed by atoms with van der Waals surface area (Å²) in [7, 11) is 0.